The predicted molar refractivity (Wildman–Crippen MR) is 74.1 cm³/mol. The molecule has 0 radical (unpaired) electrons. The molecule has 0 saturated heterocycles. The lowest BCUT2D eigenvalue weighted by atomic mass is 10.0. The van der Waals surface area contributed by atoms with E-state index in [4.69, 9.17) is 0 Å². The van der Waals surface area contributed by atoms with Gasteiger partial charge in [0.1, 0.15) is 0 Å². The summed E-state index contributed by atoms with van der Waals surface area (Å²) >= 11 is 1.45. The van der Waals surface area contributed by atoms with Gasteiger partial charge in [-0.25, -0.2) is 9.78 Å². The highest BCUT2D eigenvalue weighted by Crippen LogP contribution is 2.20. The quantitative estimate of drug-likeness (QED) is 0.769. The number of aliphatic hydroxyl groups is 1. The fourth-order valence-electron chi connectivity index (χ4n) is 1.59. The van der Waals surface area contributed by atoms with Crippen LogP contribution in [0.25, 0.3) is 0 Å². The van der Waals surface area contributed by atoms with E-state index >= 15 is 0 Å². The van der Waals surface area contributed by atoms with Gasteiger partial charge in [0.2, 0.25) is 0 Å². The largest absolute Gasteiger partial charge is 0.394 e. The van der Waals surface area contributed by atoms with Gasteiger partial charge in [-0.2, -0.15) is 0 Å². The second-order valence-electron chi connectivity index (χ2n) is 4.77. The predicted octanol–water partition coefficient (Wildman–Crippen LogP) is 2.29. The maximum absolute atomic E-state index is 11.7. The molecule has 1 aromatic heterocycles. The molecule has 0 aliphatic rings. The second-order valence-corrected chi connectivity index (χ2v) is 5.97. The Morgan fingerprint density at radius 1 is 1.44 bits per heavy atom. The molecule has 2 amide bonds. The molecule has 0 saturated carbocycles. The van der Waals surface area contributed by atoms with Crippen LogP contribution in [0.1, 0.15) is 30.8 Å². The normalized spacial score (nSPS) is 12.6. The van der Waals surface area contributed by atoms with Crippen molar-refractivity contribution in [2.45, 2.75) is 40.2 Å². The Labute approximate surface area is 112 Å². The first kappa shape index (κ1) is 14.9. The molecule has 0 aliphatic carbocycles. The van der Waals surface area contributed by atoms with Crippen molar-refractivity contribution >= 4 is 22.5 Å². The van der Waals surface area contributed by atoms with E-state index in [1.807, 2.05) is 13.8 Å². The maximum Gasteiger partial charge on any atom is 0.321 e. The summed E-state index contributed by atoms with van der Waals surface area (Å²) in [6.45, 7) is 7.92. The third-order valence-corrected chi connectivity index (χ3v) is 3.55. The van der Waals surface area contributed by atoms with Crippen LogP contribution in [-0.2, 0) is 0 Å². The summed E-state index contributed by atoms with van der Waals surface area (Å²) in [6, 6.07) is -0.532. The minimum absolute atomic E-state index is 0.0540. The summed E-state index contributed by atoms with van der Waals surface area (Å²) in [5.41, 5.74) is 0.927. The third kappa shape index (κ3) is 4.62. The van der Waals surface area contributed by atoms with E-state index in [1.165, 1.54) is 11.3 Å². The van der Waals surface area contributed by atoms with Crippen LogP contribution in [0.4, 0.5) is 9.93 Å². The van der Waals surface area contributed by atoms with Crippen molar-refractivity contribution in [2.75, 3.05) is 11.9 Å². The number of hydrogen-bond donors (Lipinski definition) is 3. The monoisotopic (exact) mass is 271 g/mol. The van der Waals surface area contributed by atoms with Crippen molar-refractivity contribution in [3.63, 3.8) is 0 Å². The summed E-state index contributed by atoms with van der Waals surface area (Å²) in [6.07, 6.45) is 0.750. The molecular weight excluding hydrogens is 250 g/mol. The third-order valence-electron chi connectivity index (χ3n) is 2.56. The Hall–Kier alpha value is -1.14. The molecule has 1 heterocycles. The van der Waals surface area contributed by atoms with Crippen molar-refractivity contribution in [2.24, 2.45) is 5.92 Å². The van der Waals surface area contributed by atoms with Crippen LogP contribution in [0.2, 0.25) is 0 Å². The van der Waals surface area contributed by atoms with Gasteiger partial charge in [0.05, 0.1) is 18.3 Å². The molecule has 1 rings (SSSR count). The number of thiazole rings is 1. The number of nitrogens with one attached hydrogen (secondary N) is 2. The fourth-order valence-corrected chi connectivity index (χ4v) is 2.40. The average Bonchev–Trinajstić information content (AvgIpc) is 2.56. The maximum atomic E-state index is 11.7. The molecule has 3 N–H and O–H groups in total. The van der Waals surface area contributed by atoms with E-state index in [-0.39, 0.29) is 18.7 Å². The second kappa shape index (κ2) is 6.70. The highest BCUT2D eigenvalue weighted by Gasteiger charge is 2.14. The summed E-state index contributed by atoms with van der Waals surface area (Å²) in [7, 11) is 0. The lowest BCUT2D eigenvalue weighted by Gasteiger charge is -2.17. The SMILES string of the molecule is Cc1nc(NC(=O)N[C@@H](CO)CC(C)C)sc1C. The number of aliphatic hydroxyl groups excluding tert-OH is 1. The first-order valence-electron chi connectivity index (χ1n) is 6.04. The number of amides is 2. The van der Waals surface area contributed by atoms with Crippen LogP contribution in [0.15, 0.2) is 0 Å². The van der Waals surface area contributed by atoms with E-state index in [2.05, 4.69) is 29.5 Å². The first-order chi connectivity index (χ1) is 8.42. The number of carbonyl (C=O) groups is 1. The molecule has 0 bridgehead atoms. The number of nitrogens with zero attached hydrogens (tertiary/aromatic N) is 1. The first-order valence-corrected chi connectivity index (χ1v) is 6.86. The van der Waals surface area contributed by atoms with Crippen molar-refractivity contribution in [1.29, 1.82) is 0 Å². The fraction of sp³-hybridized carbons (Fsp3) is 0.667. The Morgan fingerprint density at radius 3 is 2.56 bits per heavy atom. The molecule has 0 spiro atoms. The number of aromatic nitrogens is 1. The molecule has 6 heteroatoms. The van der Waals surface area contributed by atoms with Gasteiger partial charge in [-0.3, -0.25) is 5.32 Å². The van der Waals surface area contributed by atoms with Gasteiger partial charge in [0.25, 0.3) is 0 Å². The van der Waals surface area contributed by atoms with E-state index in [1.54, 1.807) is 0 Å². The van der Waals surface area contributed by atoms with E-state index in [9.17, 15) is 9.90 Å². The number of urea groups is 1. The van der Waals surface area contributed by atoms with Crippen molar-refractivity contribution in [3.8, 4) is 0 Å². The topological polar surface area (TPSA) is 74.2 Å². The Balaban J connectivity index is 2.50. The standard InChI is InChI=1S/C12H21N3O2S/c1-7(2)5-10(6-16)14-11(17)15-12-13-8(3)9(4)18-12/h7,10,16H,5-6H2,1-4H3,(H2,13,14,15,17)/t10-/m1/s1. The zero-order valence-electron chi connectivity index (χ0n) is 11.3. The van der Waals surface area contributed by atoms with E-state index in [0.29, 0.717) is 11.0 Å². The smallest absolute Gasteiger partial charge is 0.321 e. The molecule has 1 aromatic rings. The van der Waals surface area contributed by atoms with Crippen LogP contribution in [0.5, 0.6) is 0 Å². The zero-order chi connectivity index (χ0) is 13.7. The van der Waals surface area contributed by atoms with E-state index < -0.39 is 0 Å². The van der Waals surface area contributed by atoms with Gasteiger partial charge in [0.15, 0.2) is 5.13 Å². The molecule has 0 fully saturated rings. The number of anilines is 1. The Kier molecular flexibility index (Phi) is 5.55. The molecule has 5 nitrogen and oxygen atoms in total. The van der Waals surface area contributed by atoms with Gasteiger partial charge in [-0.15, -0.1) is 11.3 Å². The van der Waals surface area contributed by atoms with Crippen LogP contribution in [-0.4, -0.2) is 28.8 Å². The highest BCUT2D eigenvalue weighted by atomic mass is 32.1. The van der Waals surface area contributed by atoms with Gasteiger partial charge in [0, 0.05) is 4.88 Å². The van der Waals surface area contributed by atoms with Gasteiger partial charge >= 0.3 is 6.03 Å². The number of hydrogen-bond acceptors (Lipinski definition) is 4. The lowest BCUT2D eigenvalue weighted by molar-refractivity contribution is 0.214. The van der Waals surface area contributed by atoms with Gasteiger partial charge < -0.3 is 10.4 Å². The molecule has 18 heavy (non-hydrogen) atoms. The number of rotatable bonds is 5. The Bertz CT molecular complexity index is 385. The molecule has 0 aromatic carbocycles. The van der Waals surface area contributed by atoms with Crippen molar-refractivity contribution in [1.82, 2.24) is 10.3 Å². The molecule has 0 unspecified atom stereocenters. The lowest BCUT2D eigenvalue weighted by Crippen LogP contribution is -2.40. The van der Waals surface area contributed by atoms with Crippen LogP contribution in [0, 0.1) is 19.8 Å². The zero-order valence-corrected chi connectivity index (χ0v) is 12.1. The number of carbonyl (C=O) groups excluding carboxylic acids is 1. The van der Waals surface area contributed by atoms with Crippen molar-refractivity contribution < 1.29 is 9.90 Å². The average molecular weight is 271 g/mol. The van der Waals surface area contributed by atoms with Crippen LogP contribution < -0.4 is 10.6 Å². The van der Waals surface area contributed by atoms with Crippen LogP contribution in [0.3, 0.4) is 0 Å². The summed E-state index contributed by atoms with van der Waals surface area (Å²) in [4.78, 5) is 17.0. The van der Waals surface area contributed by atoms with Crippen molar-refractivity contribution in [3.05, 3.63) is 10.6 Å². The molecule has 102 valence electrons. The summed E-state index contributed by atoms with van der Waals surface area (Å²) in [5, 5.41) is 15.2. The van der Waals surface area contributed by atoms with E-state index in [0.717, 1.165) is 17.0 Å². The molecular formula is C12H21N3O2S. The van der Waals surface area contributed by atoms with Gasteiger partial charge in [-0.05, 0) is 26.2 Å². The Morgan fingerprint density at radius 2 is 2.11 bits per heavy atom. The van der Waals surface area contributed by atoms with Crippen LogP contribution >= 0.6 is 11.3 Å². The van der Waals surface area contributed by atoms with Gasteiger partial charge in [-0.1, -0.05) is 13.8 Å². The minimum Gasteiger partial charge on any atom is -0.394 e. The molecule has 1 atom stereocenters. The summed E-state index contributed by atoms with van der Waals surface area (Å²) in [5.74, 6) is 0.423. The molecule has 0 aliphatic heterocycles. The minimum atomic E-state index is -0.316. The number of aryl methyl sites for hydroxylation is 2. The summed E-state index contributed by atoms with van der Waals surface area (Å²) < 4.78 is 0. The highest BCUT2D eigenvalue weighted by molar-refractivity contribution is 7.15.